The molecule has 0 aliphatic carbocycles. The maximum Gasteiger partial charge on any atom is 0.358 e. The number of carboxylic acid groups (broad SMARTS) is 1. The number of benzene rings is 1. The van der Waals surface area contributed by atoms with Crippen LogP contribution in [0.5, 0.6) is 0 Å². The molecule has 0 atom stereocenters. The zero-order valence-electron chi connectivity index (χ0n) is 8.36. The Labute approximate surface area is 95.8 Å². The Morgan fingerprint density at radius 1 is 1.44 bits per heavy atom. The average Bonchev–Trinajstić information content (AvgIpc) is 2.23. The molecule has 2 aromatic rings. The number of aryl methyl sites for hydroxylation is 1. The second-order valence-electron chi connectivity index (χ2n) is 3.34. The third-order valence-corrected chi connectivity index (χ3v) is 2.77. The molecule has 6 heteroatoms. The lowest BCUT2D eigenvalue weighted by molar-refractivity contribution is 0.0691. The van der Waals surface area contributed by atoms with E-state index in [2.05, 4.69) is 10.2 Å². The smallest absolute Gasteiger partial charge is 0.358 e. The predicted molar refractivity (Wildman–Crippen MR) is 60.7 cm³/mol. The summed E-state index contributed by atoms with van der Waals surface area (Å²) in [6.07, 6.45) is 0. The van der Waals surface area contributed by atoms with E-state index in [1.54, 1.807) is 19.1 Å². The first-order valence-corrected chi connectivity index (χ1v) is 4.84. The number of hydrogen-bond acceptors (Lipinski definition) is 4. The van der Waals surface area contributed by atoms with Gasteiger partial charge in [0.1, 0.15) is 0 Å². The van der Waals surface area contributed by atoms with Crippen LogP contribution < -0.4 is 5.73 Å². The van der Waals surface area contributed by atoms with Crippen LogP contribution in [-0.4, -0.2) is 21.3 Å². The van der Waals surface area contributed by atoms with Gasteiger partial charge in [0, 0.05) is 10.4 Å². The van der Waals surface area contributed by atoms with Crippen LogP contribution in [0.25, 0.3) is 10.9 Å². The van der Waals surface area contributed by atoms with E-state index in [-0.39, 0.29) is 11.4 Å². The van der Waals surface area contributed by atoms with Crippen LogP contribution in [-0.2, 0) is 0 Å². The van der Waals surface area contributed by atoms with Crippen molar-refractivity contribution in [3.05, 3.63) is 28.4 Å². The molecule has 1 heterocycles. The molecule has 3 N–H and O–H groups in total. The van der Waals surface area contributed by atoms with Crippen molar-refractivity contribution in [3.8, 4) is 0 Å². The first kappa shape index (κ1) is 10.6. The topological polar surface area (TPSA) is 89.1 Å². The maximum atomic E-state index is 10.8. The van der Waals surface area contributed by atoms with Crippen molar-refractivity contribution < 1.29 is 9.90 Å². The molecule has 82 valence electrons. The number of nitrogens with zero attached hydrogens (tertiary/aromatic N) is 2. The van der Waals surface area contributed by atoms with Gasteiger partial charge in [-0.25, -0.2) is 4.79 Å². The normalized spacial score (nSPS) is 10.6. The number of carboxylic acids is 1. The molecule has 5 nitrogen and oxygen atoms in total. The van der Waals surface area contributed by atoms with Crippen LogP contribution in [0, 0.1) is 6.92 Å². The van der Waals surface area contributed by atoms with E-state index < -0.39 is 5.97 Å². The average molecular weight is 238 g/mol. The van der Waals surface area contributed by atoms with Gasteiger partial charge < -0.3 is 10.8 Å². The zero-order chi connectivity index (χ0) is 11.9. The number of fused-ring (bicyclic) bond motifs is 1. The van der Waals surface area contributed by atoms with E-state index in [0.717, 1.165) is 5.56 Å². The summed E-state index contributed by atoms with van der Waals surface area (Å²) < 4.78 is 0. The van der Waals surface area contributed by atoms with Gasteiger partial charge in [-0.15, -0.1) is 10.2 Å². The van der Waals surface area contributed by atoms with Crippen LogP contribution in [0.3, 0.4) is 0 Å². The van der Waals surface area contributed by atoms with E-state index in [1.807, 2.05) is 0 Å². The third-order valence-electron chi connectivity index (χ3n) is 2.36. The summed E-state index contributed by atoms with van der Waals surface area (Å²) in [5, 5.41) is 17.3. The highest BCUT2D eigenvalue weighted by Gasteiger charge is 2.15. The van der Waals surface area contributed by atoms with Crippen LogP contribution >= 0.6 is 11.6 Å². The number of halogens is 1. The van der Waals surface area contributed by atoms with Gasteiger partial charge in [0.25, 0.3) is 0 Å². The number of nitrogen functional groups attached to an aromatic ring is 1. The van der Waals surface area contributed by atoms with Gasteiger partial charge in [-0.05, 0) is 24.6 Å². The second kappa shape index (κ2) is 3.61. The van der Waals surface area contributed by atoms with E-state index >= 15 is 0 Å². The van der Waals surface area contributed by atoms with Crippen LogP contribution in [0.1, 0.15) is 16.1 Å². The second-order valence-corrected chi connectivity index (χ2v) is 3.74. The van der Waals surface area contributed by atoms with Gasteiger partial charge in [-0.3, -0.25) is 0 Å². The fraction of sp³-hybridized carbons (Fsp3) is 0.100. The number of carbonyl (C=O) groups is 1. The molecule has 0 radical (unpaired) electrons. The molecule has 0 unspecified atom stereocenters. The zero-order valence-corrected chi connectivity index (χ0v) is 9.12. The fourth-order valence-corrected chi connectivity index (χ4v) is 1.61. The van der Waals surface area contributed by atoms with E-state index in [0.29, 0.717) is 15.9 Å². The molecule has 1 aromatic carbocycles. The van der Waals surface area contributed by atoms with Gasteiger partial charge in [0.05, 0.1) is 11.2 Å². The van der Waals surface area contributed by atoms with Gasteiger partial charge in [-0.1, -0.05) is 11.6 Å². The van der Waals surface area contributed by atoms with Gasteiger partial charge in [0.15, 0.2) is 5.69 Å². The van der Waals surface area contributed by atoms with E-state index in [4.69, 9.17) is 22.4 Å². The lowest BCUT2D eigenvalue weighted by Crippen LogP contribution is -2.08. The molecule has 0 saturated heterocycles. The molecule has 0 aliphatic heterocycles. The molecule has 1 aromatic heterocycles. The Morgan fingerprint density at radius 3 is 2.75 bits per heavy atom. The quantitative estimate of drug-likeness (QED) is 0.790. The molecule has 2 rings (SSSR count). The summed E-state index contributed by atoms with van der Waals surface area (Å²) in [6, 6.07) is 3.30. The fourth-order valence-electron chi connectivity index (χ4n) is 1.46. The van der Waals surface area contributed by atoms with Crippen molar-refractivity contribution in [1.29, 1.82) is 0 Å². The number of aromatic carboxylic acids is 1. The number of nitrogens with two attached hydrogens (primary N) is 1. The molecular weight excluding hydrogens is 230 g/mol. The summed E-state index contributed by atoms with van der Waals surface area (Å²) >= 11 is 5.92. The van der Waals surface area contributed by atoms with Crippen molar-refractivity contribution >= 4 is 34.2 Å². The number of rotatable bonds is 1. The summed E-state index contributed by atoms with van der Waals surface area (Å²) in [7, 11) is 0. The highest BCUT2D eigenvalue weighted by molar-refractivity contribution is 6.32. The lowest BCUT2D eigenvalue weighted by Gasteiger charge is -2.06. The minimum atomic E-state index is -1.19. The van der Waals surface area contributed by atoms with Crippen molar-refractivity contribution in [3.63, 3.8) is 0 Å². The Balaban J connectivity index is 2.87. The SMILES string of the molecule is Cc1c(Cl)ccc2c(N)c(C(=O)O)nnc12. The van der Waals surface area contributed by atoms with Crippen LogP contribution in [0.4, 0.5) is 5.69 Å². The van der Waals surface area contributed by atoms with Crippen molar-refractivity contribution in [2.75, 3.05) is 5.73 Å². The Hall–Kier alpha value is -1.88. The van der Waals surface area contributed by atoms with Crippen molar-refractivity contribution in [1.82, 2.24) is 10.2 Å². The monoisotopic (exact) mass is 237 g/mol. The molecule has 0 saturated carbocycles. The highest BCUT2D eigenvalue weighted by atomic mass is 35.5. The van der Waals surface area contributed by atoms with Crippen molar-refractivity contribution in [2.45, 2.75) is 6.92 Å². The minimum Gasteiger partial charge on any atom is -0.476 e. The summed E-state index contributed by atoms with van der Waals surface area (Å²) in [6.45, 7) is 1.78. The molecule has 16 heavy (non-hydrogen) atoms. The molecule has 0 fully saturated rings. The largest absolute Gasteiger partial charge is 0.476 e. The minimum absolute atomic E-state index is 0.109. The Morgan fingerprint density at radius 2 is 2.12 bits per heavy atom. The Kier molecular flexibility index (Phi) is 2.40. The van der Waals surface area contributed by atoms with Crippen LogP contribution in [0.2, 0.25) is 5.02 Å². The summed E-state index contributed by atoms with van der Waals surface area (Å²) in [5.74, 6) is -1.19. The van der Waals surface area contributed by atoms with Gasteiger partial charge in [0.2, 0.25) is 0 Å². The molecule has 0 amide bonds. The summed E-state index contributed by atoms with van der Waals surface area (Å²) in [5.41, 5.74) is 6.83. The first-order chi connectivity index (χ1) is 7.52. The molecule has 0 spiro atoms. The van der Waals surface area contributed by atoms with E-state index in [1.165, 1.54) is 0 Å². The third kappa shape index (κ3) is 1.45. The Bertz CT molecular complexity index is 598. The molecule has 0 aliphatic rings. The van der Waals surface area contributed by atoms with Crippen LogP contribution in [0.15, 0.2) is 12.1 Å². The van der Waals surface area contributed by atoms with E-state index in [9.17, 15) is 4.79 Å². The number of aromatic nitrogens is 2. The van der Waals surface area contributed by atoms with Crippen molar-refractivity contribution in [2.24, 2.45) is 0 Å². The van der Waals surface area contributed by atoms with Gasteiger partial charge >= 0.3 is 5.97 Å². The maximum absolute atomic E-state index is 10.8. The highest BCUT2D eigenvalue weighted by Crippen LogP contribution is 2.28. The standard InChI is InChI=1S/C10H8ClN3O2/c1-4-6(11)3-2-5-7(12)9(10(15)16)14-13-8(4)5/h2-3H,1H3,(H2,12,13)(H,15,16). The van der Waals surface area contributed by atoms with Gasteiger partial charge in [-0.2, -0.15) is 0 Å². The predicted octanol–water partition coefficient (Wildman–Crippen LogP) is 1.87. The first-order valence-electron chi connectivity index (χ1n) is 4.46. The lowest BCUT2D eigenvalue weighted by atomic mass is 10.1. The molecular formula is C10H8ClN3O2. The molecule has 0 bridgehead atoms. The number of anilines is 1. The summed E-state index contributed by atoms with van der Waals surface area (Å²) in [4.78, 5) is 10.8. The number of hydrogen-bond donors (Lipinski definition) is 2.